The van der Waals surface area contributed by atoms with Gasteiger partial charge in [-0.15, -0.1) is 0 Å². The van der Waals surface area contributed by atoms with Gasteiger partial charge in [-0.25, -0.2) is 4.85 Å². The fourth-order valence-corrected chi connectivity index (χ4v) is 8.79. The van der Waals surface area contributed by atoms with Gasteiger partial charge in [-0.1, -0.05) is 116 Å². The predicted octanol–water partition coefficient (Wildman–Crippen LogP) is 11.9. The number of benzene rings is 5. The van der Waals surface area contributed by atoms with E-state index in [0.29, 0.717) is 17.1 Å². The van der Waals surface area contributed by atoms with Crippen molar-refractivity contribution >= 4 is 45.1 Å². The molecule has 5 aromatic rings. The highest BCUT2D eigenvalue weighted by Crippen LogP contribution is 2.51. The average Bonchev–Trinajstić information content (AvgIpc) is 3.56. The molecule has 0 aromatic heterocycles. The van der Waals surface area contributed by atoms with E-state index in [4.69, 9.17) is 18.2 Å². The minimum atomic E-state index is -0.569. The lowest BCUT2D eigenvalue weighted by molar-refractivity contribution is -0.437. The number of halogens is 1. The summed E-state index contributed by atoms with van der Waals surface area (Å²) in [5.74, 6) is 0. The summed E-state index contributed by atoms with van der Waals surface area (Å²) >= 11 is 7.15. The smallest absolute Gasteiger partial charge is 0.210 e. The quantitative estimate of drug-likeness (QED) is 0.0776. The Kier molecular flexibility index (Phi) is 10.2. The molecule has 0 radical (unpaired) electrons. The van der Waals surface area contributed by atoms with Crippen molar-refractivity contribution < 1.29 is 4.58 Å². The second kappa shape index (κ2) is 15.1. The van der Waals surface area contributed by atoms with Crippen molar-refractivity contribution in [1.82, 2.24) is 0 Å². The van der Waals surface area contributed by atoms with E-state index in [1.165, 1.54) is 38.9 Å². The summed E-state index contributed by atoms with van der Waals surface area (Å²) in [4.78, 5) is 5.78. The number of allylic oxidation sites excluding steroid dienone is 6. The van der Waals surface area contributed by atoms with Crippen LogP contribution in [0.25, 0.3) is 15.6 Å². The Morgan fingerprint density at radius 1 is 0.943 bits per heavy atom. The Labute approximate surface area is 319 Å². The standard InChI is InChI=1S/C48H44ClN4/c1-5-32-53-43-24-20-37-18-12-13-19-40(37)46(43)48(34-36-16-10-7-11-17-36,29-28-35-14-8-6-9-15-35)45(53)27-22-38(49)21-26-44-47(2,30-31-50)41-33-39(51-3)23-25-42(41)52(44)4/h6-27,33H,5,28-30,32,34H2,1-2,4H3/q+1. The van der Waals surface area contributed by atoms with Gasteiger partial charge in [0.15, 0.2) is 11.4 Å². The van der Waals surface area contributed by atoms with E-state index in [0.717, 1.165) is 49.2 Å². The topological polar surface area (TPSA) is 34.4 Å². The first kappa shape index (κ1) is 35.7. The molecule has 4 nitrogen and oxygen atoms in total. The summed E-state index contributed by atoms with van der Waals surface area (Å²) < 4.78 is 2.54. The zero-order valence-corrected chi connectivity index (χ0v) is 31.4. The third-order valence-electron chi connectivity index (χ3n) is 11.2. The van der Waals surface area contributed by atoms with Crippen LogP contribution in [0.4, 0.5) is 17.1 Å². The van der Waals surface area contributed by atoms with Crippen LogP contribution in [-0.4, -0.2) is 23.9 Å². The second-order valence-electron chi connectivity index (χ2n) is 14.4. The third-order valence-corrected chi connectivity index (χ3v) is 11.4. The van der Waals surface area contributed by atoms with Crippen molar-refractivity contribution in [3.63, 3.8) is 0 Å². The highest BCUT2D eigenvalue weighted by molar-refractivity contribution is 6.31. The first-order chi connectivity index (χ1) is 25.8. The molecule has 0 amide bonds. The second-order valence-corrected chi connectivity index (χ2v) is 14.9. The van der Waals surface area contributed by atoms with Crippen molar-refractivity contribution in [2.24, 2.45) is 0 Å². The van der Waals surface area contributed by atoms with Gasteiger partial charge in [-0.3, -0.25) is 0 Å². The fourth-order valence-electron chi connectivity index (χ4n) is 8.66. The molecule has 0 saturated carbocycles. The summed E-state index contributed by atoms with van der Waals surface area (Å²) in [6.07, 6.45) is 12.3. The van der Waals surface area contributed by atoms with E-state index in [1.807, 2.05) is 43.5 Å². The molecule has 2 heterocycles. The number of anilines is 1. The first-order valence-electron chi connectivity index (χ1n) is 18.5. The number of likely N-dealkylation sites (N-methyl/N-ethyl adjacent to an activating group) is 1. The van der Waals surface area contributed by atoms with E-state index in [2.05, 4.69) is 137 Å². The highest BCUT2D eigenvalue weighted by atomic mass is 35.5. The van der Waals surface area contributed by atoms with Crippen molar-refractivity contribution in [3.05, 3.63) is 184 Å². The van der Waals surface area contributed by atoms with Gasteiger partial charge < -0.3 is 4.90 Å². The monoisotopic (exact) mass is 711 g/mol. The highest BCUT2D eigenvalue weighted by Gasteiger charge is 2.51. The molecule has 0 bridgehead atoms. The molecule has 0 spiro atoms. The van der Waals surface area contributed by atoms with Gasteiger partial charge in [-0.05, 0) is 84.0 Å². The van der Waals surface area contributed by atoms with Crippen LogP contribution in [0.15, 0.2) is 150 Å². The molecule has 2 aliphatic heterocycles. The van der Waals surface area contributed by atoms with Gasteiger partial charge in [0.25, 0.3) is 0 Å². The van der Waals surface area contributed by atoms with E-state index in [-0.39, 0.29) is 5.41 Å². The molecule has 5 heteroatoms. The largest absolute Gasteiger partial charge is 0.347 e. The Bertz CT molecular complexity index is 2370. The Hall–Kier alpha value is -5.68. The summed E-state index contributed by atoms with van der Waals surface area (Å²) in [7, 11) is 2.02. The maximum absolute atomic E-state index is 9.89. The van der Waals surface area contributed by atoms with Crippen LogP contribution in [-0.2, 0) is 23.7 Å². The lowest BCUT2D eigenvalue weighted by Crippen LogP contribution is -2.38. The number of fused-ring (bicyclic) bond motifs is 4. The average molecular weight is 712 g/mol. The third kappa shape index (κ3) is 6.61. The summed E-state index contributed by atoms with van der Waals surface area (Å²) in [6, 6.07) is 43.3. The van der Waals surface area contributed by atoms with E-state index < -0.39 is 5.41 Å². The van der Waals surface area contributed by atoms with Gasteiger partial charge in [0.05, 0.1) is 24.5 Å². The minimum absolute atomic E-state index is 0.290. The number of nitriles is 1. The molecule has 0 fully saturated rings. The molecular weight excluding hydrogens is 668 g/mol. The lowest BCUT2D eigenvalue weighted by Gasteiger charge is -2.29. The van der Waals surface area contributed by atoms with E-state index >= 15 is 0 Å². The molecule has 2 atom stereocenters. The number of hydrogen-bond donors (Lipinski definition) is 0. The zero-order valence-electron chi connectivity index (χ0n) is 30.7. The van der Waals surface area contributed by atoms with Crippen LogP contribution in [0.3, 0.4) is 0 Å². The molecular formula is C48H44ClN4+. The number of hydrogen-bond acceptors (Lipinski definition) is 2. The fraction of sp³-hybridized carbons (Fsp3) is 0.229. The molecule has 262 valence electrons. The van der Waals surface area contributed by atoms with Crippen LogP contribution in [0.1, 0.15) is 55.4 Å². The summed E-state index contributed by atoms with van der Waals surface area (Å²) in [5, 5.41) is 13.0. The Balaban J connectivity index is 1.37. The first-order valence-corrected chi connectivity index (χ1v) is 18.8. The van der Waals surface area contributed by atoms with Crippen LogP contribution in [0.5, 0.6) is 0 Å². The molecule has 2 unspecified atom stereocenters. The van der Waals surface area contributed by atoms with E-state index in [9.17, 15) is 5.26 Å². The SMILES string of the molecule is [C-]#[N+]c1ccc2c(c1)C(C)(CC#N)\C(=C/C=C(Cl)/C=C/C1=[N+](CCC)c3ccc4ccccc4c3C1(CCc1ccccc1)Cc1ccccc1)N2C. The number of nitrogens with zero attached hydrogens (tertiary/aromatic N) is 4. The molecule has 0 aliphatic carbocycles. The minimum Gasteiger partial charge on any atom is -0.347 e. The Morgan fingerprint density at radius 3 is 2.38 bits per heavy atom. The van der Waals surface area contributed by atoms with Crippen LogP contribution in [0, 0.1) is 17.9 Å². The van der Waals surface area contributed by atoms with Crippen molar-refractivity contribution in [3.8, 4) is 6.07 Å². The maximum Gasteiger partial charge on any atom is 0.210 e. The summed E-state index contributed by atoms with van der Waals surface area (Å²) in [5.41, 5.74) is 9.21. The number of aryl methyl sites for hydroxylation is 1. The van der Waals surface area contributed by atoms with Crippen molar-refractivity contribution in [1.29, 1.82) is 5.26 Å². The molecule has 0 N–H and O–H groups in total. The summed E-state index contributed by atoms with van der Waals surface area (Å²) in [6.45, 7) is 12.8. The van der Waals surface area contributed by atoms with Crippen LogP contribution >= 0.6 is 11.6 Å². The van der Waals surface area contributed by atoms with Crippen LogP contribution < -0.4 is 4.90 Å². The van der Waals surface area contributed by atoms with E-state index in [1.54, 1.807) is 0 Å². The molecule has 53 heavy (non-hydrogen) atoms. The molecule has 2 aliphatic rings. The van der Waals surface area contributed by atoms with Gasteiger partial charge in [0.1, 0.15) is 6.54 Å². The molecule has 7 rings (SSSR count). The van der Waals surface area contributed by atoms with Gasteiger partial charge in [0, 0.05) is 53.0 Å². The van der Waals surface area contributed by atoms with Crippen molar-refractivity contribution in [2.75, 3.05) is 18.5 Å². The van der Waals surface area contributed by atoms with Gasteiger partial charge >= 0.3 is 0 Å². The van der Waals surface area contributed by atoms with Crippen LogP contribution in [0.2, 0.25) is 0 Å². The van der Waals surface area contributed by atoms with Gasteiger partial charge in [0.2, 0.25) is 5.69 Å². The normalized spacial score (nSPS) is 20.2. The van der Waals surface area contributed by atoms with Gasteiger partial charge in [-0.2, -0.15) is 9.84 Å². The zero-order chi connectivity index (χ0) is 37.0. The van der Waals surface area contributed by atoms with Crippen molar-refractivity contribution in [2.45, 2.75) is 56.8 Å². The Morgan fingerprint density at radius 2 is 1.66 bits per heavy atom. The predicted molar refractivity (Wildman–Crippen MR) is 220 cm³/mol. The number of rotatable bonds is 11. The molecule has 5 aromatic carbocycles. The lowest BCUT2D eigenvalue weighted by atomic mass is 9.68. The maximum atomic E-state index is 9.89. The molecule has 0 saturated heterocycles.